The van der Waals surface area contributed by atoms with Crippen molar-refractivity contribution in [3.05, 3.63) is 35.1 Å². The summed E-state index contributed by atoms with van der Waals surface area (Å²) in [7, 11) is 0. The summed E-state index contributed by atoms with van der Waals surface area (Å²) in [6.07, 6.45) is 0.741. The van der Waals surface area contributed by atoms with Gasteiger partial charge >= 0.3 is 0 Å². The second-order valence-corrected chi connectivity index (χ2v) is 2.45. The Kier molecular flexibility index (Phi) is 2.58. The van der Waals surface area contributed by atoms with Crippen molar-refractivity contribution in [1.29, 1.82) is 0 Å². The molecule has 0 saturated carbocycles. The molecule has 0 radical (unpaired) electrons. The van der Waals surface area contributed by atoms with E-state index in [1.54, 1.807) is 6.07 Å². The Morgan fingerprint density at radius 2 is 1.82 bits per heavy atom. The third-order valence-corrected chi connectivity index (χ3v) is 1.58. The quantitative estimate of drug-likeness (QED) is 0.617. The molecule has 0 spiro atoms. The van der Waals surface area contributed by atoms with Crippen LogP contribution in [0, 0.1) is 5.82 Å². The van der Waals surface area contributed by atoms with E-state index in [0.717, 1.165) is 12.0 Å². The number of hydrogen-bond acceptors (Lipinski definition) is 0. The maximum Gasteiger partial charge on any atom is 0.123 e. The fourth-order valence-electron chi connectivity index (χ4n) is 0.999. The molecule has 0 aromatic heterocycles. The molecule has 0 nitrogen and oxygen atoms in total. The standard InChI is InChI=1S/C9H10F2/c1-2-7-3-8(6-10)5-9(11)4-7/h3-5H,2,6H2,1H3. The van der Waals surface area contributed by atoms with Crippen LogP contribution in [-0.2, 0) is 13.1 Å². The third kappa shape index (κ3) is 2.00. The van der Waals surface area contributed by atoms with E-state index in [9.17, 15) is 8.78 Å². The summed E-state index contributed by atoms with van der Waals surface area (Å²) in [5, 5.41) is 0. The van der Waals surface area contributed by atoms with Crippen LogP contribution < -0.4 is 0 Å². The number of benzene rings is 1. The fraction of sp³-hybridized carbons (Fsp3) is 0.333. The molecule has 0 unspecified atom stereocenters. The van der Waals surface area contributed by atoms with Gasteiger partial charge in [0.25, 0.3) is 0 Å². The highest BCUT2D eigenvalue weighted by molar-refractivity contribution is 5.24. The zero-order chi connectivity index (χ0) is 8.27. The van der Waals surface area contributed by atoms with Gasteiger partial charge in [-0.1, -0.05) is 13.0 Å². The lowest BCUT2D eigenvalue weighted by Crippen LogP contribution is -1.87. The normalized spacial score (nSPS) is 10.1. The van der Waals surface area contributed by atoms with Gasteiger partial charge in [-0.3, -0.25) is 0 Å². The topological polar surface area (TPSA) is 0 Å². The molecule has 1 aromatic carbocycles. The molecule has 0 fully saturated rings. The molecule has 1 rings (SSSR count). The summed E-state index contributed by atoms with van der Waals surface area (Å²) in [5.41, 5.74) is 1.26. The summed E-state index contributed by atoms with van der Waals surface area (Å²) >= 11 is 0. The first-order chi connectivity index (χ1) is 5.26. The number of hydrogen-bond donors (Lipinski definition) is 0. The highest BCUT2D eigenvalue weighted by Gasteiger charge is 1.98. The van der Waals surface area contributed by atoms with Crippen molar-refractivity contribution < 1.29 is 8.78 Å². The summed E-state index contributed by atoms with van der Waals surface area (Å²) in [5.74, 6) is -0.350. The van der Waals surface area contributed by atoms with Crippen LogP contribution in [0.15, 0.2) is 18.2 Å². The monoisotopic (exact) mass is 156 g/mol. The van der Waals surface area contributed by atoms with Gasteiger partial charge in [-0.2, -0.15) is 0 Å². The molecule has 0 aliphatic rings. The Balaban J connectivity index is 3.02. The number of rotatable bonds is 2. The summed E-state index contributed by atoms with van der Waals surface area (Å²) in [6, 6.07) is 4.33. The van der Waals surface area contributed by atoms with Crippen molar-refractivity contribution in [2.24, 2.45) is 0 Å². The van der Waals surface area contributed by atoms with Crippen LogP contribution in [-0.4, -0.2) is 0 Å². The number of aryl methyl sites for hydroxylation is 1. The first-order valence-electron chi connectivity index (χ1n) is 3.60. The van der Waals surface area contributed by atoms with Gasteiger partial charge in [-0.25, -0.2) is 8.78 Å². The van der Waals surface area contributed by atoms with E-state index >= 15 is 0 Å². The van der Waals surface area contributed by atoms with Gasteiger partial charge in [-0.15, -0.1) is 0 Å². The van der Waals surface area contributed by atoms with Crippen molar-refractivity contribution in [2.45, 2.75) is 20.0 Å². The number of halogens is 2. The molecule has 0 heterocycles. The molecule has 1 aromatic rings. The lowest BCUT2D eigenvalue weighted by Gasteiger charge is -1.99. The average molecular weight is 156 g/mol. The maximum atomic E-state index is 12.6. The van der Waals surface area contributed by atoms with Crippen LogP contribution in [0.25, 0.3) is 0 Å². The lowest BCUT2D eigenvalue weighted by atomic mass is 10.1. The smallest absolute Gasteiger partial charge is 0.123 e. The van der Waals surface area contributed by atoms with Crippen molar-refractivity contribution in [2.75, 3.05) is 0 Å². The molecule has 11 heavy (non-hydrogen) atoms. The van der Waals surface area contributed by atoms with E-state index < -0.39 is 6.67 Å². The summed E-state index contributed by atoms with van der Waals surface area (Å²) < 4.78 is 24.7. The minimum Gasteiger partial charge on any atom is -0.246 e. The summed E-state index contributed by atoms with van der Waals surface area (Å²) in [6.45, 7) is 1.32. The fourth-order valence-corrected chi connectivity index (χ4v) is 0.999. The molecular formula is C9H10F2. The van der Waals surface area contributed by atoms with Crippen molar-refractivity contribution in [3.63, 3.8) is 0 Å². The molecule has 0 aliphatic heterocycles. The van der Waals surface area contributed by atoms with Gasteiger partial charge in [0.05, 0.1) is 0 Å². The van der Waals surface area contributed by atoms with E-state index in [0.29, 0.717) is 5.56 Å². The van der Waals surface area contributed by atoms with E-state index in [4.69, 9.17) is 0 Å². The largest absolute Gasteiger partial charge is 0.246 e. The Morgan fingerprint density at radius 3 is 2.36 bits per heavy atom. The molecule has 0 atom stereocenters. The first kappa shape index (κ1) is 8.18. The zero-order valence-corrected chi connectivity index (χ0v) is 6.40. The van der Waals surface area contributed by atoms with Crippen molar-refractivity contribution in [1.82, 2.24) is 0 Å². The predicted molar refractivity (Wildman–Crippen MR) is 40.6 cm³/mol. The SMILES string of the molecule is CCc1cc(F)cc(CF)c1. The zero-order valence-electron chi connectivity index (χ0n) is 6.40. The molecule has 2 heteroatoms. The Labute approximate surface area is 64.9 Å². The van der Waals surface area contributed by atoms with Gasteiger partial charge in [0.15, 0.2) is 0 Å². The second kappa shape index (κ2) is 3.46. The molecule has 0 bridgehead atoms. The molecule has 0 saturated heterocycles. The first-order valence-corrected chi connectivity index (χ1v) is 3.60. The highest BCUT2D eigenvalue weighted by Crippen LogP contribution is 2.10. The number of alkyl halides is 1. The Hall–Kier alpha value is -0.920. The molecule has 60 valence electrons. The Morgan fingerprint density at radius 1 is 1.18 bits per heavy atom. The molecule has 0 N–H and O–H groups in total. The van der Waals surface area contributed by atoms with E-state index in [2.05, 4.69) is 0 Å². The van der Waals surface area contributed by atoms with Gasteiger partial charge in [-0.05, 0) is 29.7 Å². The van der Waals surface area contributed by atoms with E-state index in [1.165, 1.54) is 12.1 Å². The van der Waals surface area contributed by atoms with Crippen LogP contribution in [0.3, 0.4) is 0 Å². The van der Waals surface area contributed by atoms with Crippen LogP contribution in [0.2, 0.25) is 0 Å². The van der Waals surface area contributed by atoms with Gasteiger partial charge in [0.1, 0.15) is 12.5 Å². The minimum atomic E-state index is -0.592. The van der Waals surface area contributed by atoms with Gasteiger partial charge in [0.2, 0.25) is 0 Å². The van der Waals surface area contributed by atoms with E-state index in [-0.39, 0.29) is 5.82 Å². The average Bonchev–Trinajstić information content (AvgIpc) is 2.03. The minimum absolute atomic E-state index is 0.350. The second-order valence-electron chi connectivity index (χ2n) is 2.45. The summed E-state index contributed by atoms with van der Waals surface area (Å²) in [4.78, 5) is 0. The van der Waals surface area contributed by atoms with Crippen LogP contribution in [0.4, 0.5) is 8.78 Å². The van der Waals surface area contributed by atoms with Gasteiger partial charge in [0, 0.05) is 0 Å². The van der Waals surface area contributed by atoms with Crippen LogP contribution >= 0.6 is 0 Å². The van der Waals surface area contributed by atoms with Crippen molar-refractivity contribution in [3.8, 4) is 0 Å². The molecule has 0 amide bonds. The van der Waals surface area contributed by atoms with E-state index in [1.807, 2.05) is 6.92 Å². The Bertz CT molecular complexity index is 221. The maximum absolute atomic E-state index is 12.6. The molecule has 0 aliphatic carbocycles. The molecular weight excluding hydrogens is 146 g/mol. The van der Waals surface area contributed by atoms with Crippen LogP contribution in [0.5, 0.6) is 0 Å². The van der Waals surface area contributed by atoms with Crippen LogP contribution in [0.1, 0.15) is 18.1 Å². The predicted octanol–water partition coefficient (Wildman–Crippen LogP) is 2.86. The third-order valence-electron chi connectivity index (χ3n) is 1.58. The lowest BCUT2D eigenvalue weighted by molar-refractivity contribution is 0.482. The van der Waals surface area contributed by atoms with Crippen molar-refractivity contribution >= 4 is 0 Å². The van der Waals surface area contributed by atoms with Gasteiger partial charge < -0.3 is 0 Å². The highest BCUT2D eigenvalue weighted by atomic mass is 19.1.